The quantitative estimate of drug-likeness (QED) is 0.311. The van der Waals surface area contributed by atoms with E-state index in [0.29, 0.717) is 10.6 Å². The second-order valence-corrected chi connectivity index (χ2v) is 12.1. The third-order valence-electron chi connectivity index (χ3n) is 7.19. The van der Waals surface area contributed by atoms with Crippen LogP contribution in [0, 0.1) is 17.2 Å². The largest absolute Gasteiger partial charge is 0.326 e. The summed E-state index contributed by atoms with van der Waals surface area (Å²) in [6.07, 6.45) is 9.43. The Balaban J connectivity index is 1.35. The standard InChI is InChI=1S/C30H31N3O2S2/c31-19-25-24-16-7-8-17-26(24)37-30(25)33-29(35)27(20-10-3-1-4-11-20)36-23-15-9-14-22(18-23)32-28(34)21-12-5-2-6-13-21/h1,3-4,9-11,14-15,18,21,27H,2,5-8,12-13,16-17H2,(H,32,34)(H,33,35). The fourth-order valence-corrected chi connectivity index (χ4v) is 7.57. The summed E-state index contributed by atoms with van der Waals surface area (Å²) < 4.78 is 0. The van der Waals surface area contributed by atoms with E-state index in [-0.39, 0.29) is 17.7 Å². The number of fused-ring (bicyclic) bond motifs is 1. The van der Waals surface area contributed by atoms with Gasteiger partial charge in [-0.1, -0.05) is 55.7 Å². The van der Waals surface area contributed by atoms with Crippen molar-refractivity contribution in [2.75, 3.05) is 10.6 Å². The smallest absolute Gasteiger partial charge is 0.243 e. The Kier molecular flexibility index (Phi) is 8.28. The molecule has 1 fully saturated rings. The normalized spacial score (nSPS) is 16.3. The Hall–Kier alpha value is -3.08. The minimum Gasteiger partial charge on any atom is -0.326 e. The number of hydrogen-bond acceptors (Lipinski definition) is 5. The third kappa shape index (κ3) is 6.08. The molecule has 190 valence electrons. The molecule has 0 bridgehead atoms. The van der Waals surface area contributed by atoms with E-state index in [1.54, 1.807) is 11.3 Å². The number of nitriles is 1. The van der Waals surface area contributed by atoms with Crippen molar-refractivity contribution in [3.05, 3.63) is 76.2 Å². The topological polar surface area (TPSA) is 82.0 Å². The van der Waals surface area contributed by atoms with Crippen molar-refractivity contribution in [2.24, 2.45) is 5.92 Å². The second-order valence-electron chi connectivity index (χ2n) is 9.78. The van der Waals surface area contributed by atoms with Gasteiger partial charge in [-0.05, 0) is 67.9 Å². The zero-order valence-corrected chi connectivity index (χ0v) is 22.4. The van der Waals surface area contributed by atoms with Crippen molar-refractivity contribution < 1.29 is 9.59 Å². The molecule has 2 amide bonds. The zero-order chi connectivity index (χ0) is 25.6. The highest BCUT2D eigenvalue weighted by atomic mass is 32.2. The molecule has 1 heterocycles. The van der Waals surface area contributed by atoms with Gasteiger partial charge in [0.25, 0.3) is 0 Å². The molecule has 3 aromatic rings. The number of carbonyl (C=O) groups excluding carboxylic acids is 2. The Morgan fingerprint density at radius 1 is 0.946 bits per heavy atom. The first kappa shape index (κ1) is 25.6. The molecule has 5 rings (SSSR count). The number of thioether (sulfide) groups is 1. The van der Waals surface area contributed by atoms with Crippen LogP contribution in [-0.2, 0) is 22.4 Å². The molecular weight excluding hydrogens is 498 g/mol. The Bertz CT molecular complexity index is 1310. The van der Waals surface area contributed by atoms with Crippen molar-refractivity contribution in [1.82, 2.24) is 0 Å². The second kappa shape index (κ2) is 12.0. The predicted octanol–water partition coefficient (Wildman–Crippen LogP) is 7.49. The van der Waals surface area contributed by atoms with E-state index >= 15 is 0 Å². The molecule has 0 spiro atoms. The van der Waals surface area contributed by atoms with Crippen LogP contribution in [0.1, 0.15) is 71.8 Å². The number of carbonyl (C=O) groups is 2. The highest BCUT2D eigenvalue weighted by Gasteiger charge is 2.27. The molecule has 5 nitrogen and oxygen atoms in total. The summed E-state index contributed by atoms with van der Waals surface area (Å²) in [4.78, 5) is 28.6. The molecule has 0 saturated heterocycles. The Morgan fingerprint density at radius 2 is 1.73 bits per heavy atom. The first-order valence-electron chi connectivity index (χ1n) is 13.1. The van der Waals surface area contributed by atoms with Crippen LogP contribution in [0.4, 0.5) is 10.7 Å². The molecule has 1 unspecified atom stereocenters. The number of hydrogen-bond donors (Lipinski definition) is 2. The Morgan fingerprint density at radius 3 is 2.51 bits per heavy atom. The van der Waals surface area contributed by atoms with Crippen LogP contribution < -0.4 is 10.6 Å². The lowest BCUT2D eigenvalue weighted by molar-refractivity contribution is -0.120. The minimum atomic E-state index is -0.504. The minimum absolute atomic E-state index is 0.0823. The number of thiophene rings is 1. The average molecular weight is 530 g/mol. The highest BCUT2D eigenvalue weighted by molar-refractivity contribution is 8.00. The van der Waals surface area contributed by atoms with Crippen molar-refractivity contribution >= 4 is 45.6 Å². The number of aryl methyl sites for hydroxylation is 1. The number of anilines is 2. The lowest BCUT2D eigenvalue weighted by Crippen LogP contribution is -2.24. The van der Waals surface area contributed by atoms with Crippen molar-refractivity contribution in [3.8, 4) is 6.07 Å². The average Bonchev–Trinajstić information content (AvgIpc) is 3.29. The van der Waals surface area contributed by atoms with Crippen LogP contribution in [0.2, 0.25) is 0 Å². The maximum absolute atomic E-state index is 13.7. The van der Waals surface area contributed by atoms with E-state index in [2.05, 4.69) is 16.7 Å². The summed E-state index contributed by atoms with van der Waals surface area (Å²) >= 11 is 3.00. The fraction of sp³-hybridized carbons (Fsp3) is 0.367. The first-order chi connectivity index (χ1) is 18.1. The number of nitrogens with one attached hydrogen (secondary N) is 2. The van der Waals surface area contributed by atoms with Gasteiger partial charge in [0.2, 0.25) is 11.8 Å². The third-order valence-corrected chi connectivity index (χ3v) is 9.65. The maximum atomic E-state index is 13.7. The fourth-order valence-electron chi connectivity index (χ4n) is 5.24. The zero-order valence-electron chi connectivity index (χ0n) is 20.8. The monoisotopic (exact) mass is 529 g/mol. The van der Waals surface area contributed by atoms with Crippen LogP contribution in [0.5, 0.6) is 0 Å². The number of rotatable bonds is 7. The molecule has 1 aromatic heterocycles. The van der Waals surface area contributed by atoms with E-state index in [1.807, 2.05) is 54.6 Å². The summed E-state index contributed by atoms with van der Waals surface area (Å²) in [6, 6.07) is 19.8. The lowest BCUT2D eigenvalue weighted by atomic mass is 9.88. The molecule has 2 aliphatic rings. The first-order valence-corrected chi connectivity index (χ1v) is 14.8. The van der Waals surface area contributed by atoms with Gasteiger partial charge in [-0.25, -0.2) is 0 Å². The molecule has 1 saturated carbocycles. The van der Waals surface area contributed by atoms with Gasteiger partial charge in [-0.15, -0.1) is 23.1 Å². The summed E-state index contributed by atoms with van der Waals surface area (Å²) in [7, 11) is 0. The van der Waals surface area contributed by atoms with Crippen LogP contribution >= 0.6 is 23.1 Å². The summed E-state index contributed by atoms with van der Waals surface area (Å²) in [5.74, 6) is 0.0201. The van der Waals surface area contributed by atoms with Crippen LogP contribution in [0.25, 0.3) is 0 Å². The van der Waals surface area contributed by atoms with Crippen molar-refractivity contribution in [2.45, 2.75) is 67.9 Å². The number of amides is 2. The molecular formula is C30H31N3O2S2. The van der Waals surface area contributed by atoms with E-state index in [9.17, 15) is 14.9 Å². The van der Waals surface area contributed by atoms with E-state index in [4.69, 9.17) is 0 Å². The molecule has 1 atom stereocenters. The molecule has 2 N–H and O–H groups in total. The van der Waals surface area contributed by atoms with Crippen LogP contribution in [0.15, 0.2) is 59.5 Å². The molecule has 37 heavy (non-hydrogen) atoms. The van der Waals surface area contributed by atoms with Gasteiger partial charge in [0.15, 0.2) is 0 Å². The van der Waals surface area contributed by atoms with Gasteiger partial charge in [0, 0.05) is 21.4 Å². The predicted molar refractivity (Wildman–Crippen MR) is 151 cm³/mol. The Labute approximate surface area is 226 Å². The van der Waals surface area contributed by atoms with E-state index in [0.717, 1.165) is 73.1 Å². The maximum Gasteiger partial charge on any atom is 0.243 e. The number of nitrogens with zero attached hydrogens (tertiary/aromatic N) is 1. The summed E-state index contributed by atoms with van der Waals surface area (Å²) in [6.45, 7) is 0. The van der Waals surface area contributed by atoms with Gasteiger partial charge < -0.3 is 10.6 Å². The molecule has 2 aliphatic carbocycles. The van der Waals surface area contributed by atoms with Crippen LogP contribution in [0.3, 0.4) is 0 Å². The molecule has 7 heteroatoms. The summed E-state index contributed by atoms with van der Waals surface area (Å²) in [5.41, 5.74) is 3.38. The lowest BCUT2D eigenvalue weighted by Gasteiger charge is -2.21. The van der Waals surface area contributed by atoms with Gasteiger partial charge in [-0.2, -0.15) is 5.26 Å². The number of benzene rings is 2. The van der Waals surface area contributed by atoms with Crippen molar-refractivity contribution in [3.63, 3.8) is 0 Å². The van der Waals surface area contributed by atoms with Crippen molar-refractivity contribution in [1.29, 1.82) is 5.26 Å². The highest BCUT2D eigenvalue weighted by Crippen LogP contribution is 2.41. The molecule has 0 aliphatic heterocycles. The van der Waals surface area contributed by atoms with E-state index in [1.165, 1.54) is 23.1 Å². The SMILES string of the molecule is N#Cc1c(NC(=O)C(Sc2cccc(NC(=O)C3CCCCC3)c2)c2ccccc2)sc2c1CCCC2. The molecule has 2 aromatic carbocycles. The van der Waals surface area contributed by atoms with Crippen LogP contribution in [-0.4, -0.2) is 11.8 Å². The van der Waals surface area contributed by atoms with Gasteiger partial charge >= 0.3 is 0 Å². The summed E-state index contributed by atoms with van der Waals surface area (Å²) in [5, 5.41) is 16.2. The van der Waals surface area contributed by atoms with Gasteiger partial charge in [0.05, 0.1) is 5.56 Å². The van der Waals surface area contributed by atoms with Gasteiger partial charge in [-0.3, -0.25) is 9.59 Å². The van der Waals surface area contributed by atoms with Gasteiger partial charge in [0.1, 0.15) is 16.3 Å². The molecule has 0 radical (unpaired) electrons. The van der Waals surface area contributed by atoms with E-state index < -0.39 is 5.25 Å².